The Morgan fingerprint density at radius 2 is 1.70 bits per heavy atom. The van der Waals surface area contributed by atoms with E-state index >= 15 is 4.39 Å². The highest BCUT2D eigenvalue weighted by Crippen LogP contribution is 2.37. The van der Waals surface area contributed by atoms with Gasteiger partial charge in [0.25, 0.3) is 0 Å². The fourth-order valence-corrected chi connectivity index (χ4v) is 5.85. The van der Waals surface area contributed by atoms with Gasteiger partial charge in [-0.2, -0.15) is 0 Å². The van der Waals surface area contributed by atoms with E-state index in [1.165, 1.54) is 11.1 Å². The number of ketones is 1. The predicted molar refractivity (Wildman–Crippen MR) is 168 cm³/mol. The minimum absolute atomic E-state index is 0.138. The molecule has 1 aliphatic rings. The maximum atomic E-state index is 15.2. The Kier molecular flexibility index (Phi) is 9.35. The van der Waals surface area contributed by atoms with Gasteiger partial charge in [0.15, 0.2) is 5.78 Å². The van der Waals surface area contributed by atoms with Crippen molar-refractivity contribution >= 4 is 11.9 Å². The molecule has 0 bridgehead atoms. The maximum absolute atomic E-state index is 15.2. The van der Waals surface area contributed by atoms with Gasteiger partial charge in [0.1, 0.15) is 5.82 Å². The summed E-state index contributed by atoms with van der Waals surface area (Å²) in [6.45, 7) is 14.2. The molecule has 0 N–H and O–H groups in total. The fourth-order valence-electron chi connectivity index (χ4n) is 5.85. The number of rotatable bonds is 8. The second-order valence-electron chi connectivity index (χ2n) is 10.4. The summed E-state index contributed by atoms with van der Waals surface area (Å²) < 4.78 is 15.2. The Hall–Kier alpha value is -4.00. The molecule has 1 nitrogen and oxygen atoms in total. The Morgan fingerprint density at radius 1 is 1.00 bits per heavy atom. The molecule has 0 heterocycles. The summed E-state index contributed by atoms with van der Waals surface area (Å²) in [7, 11) is 0. The molecular weight excluding hydrogens is 491 g/mol. The fraction of sp³-hybridized carbons (Fsp3) is 0.263. The van der Waals surface area contributed by atoms with Crippen LogP contribution in [0.1, 0.15) is 68.4 Å². The van der Waals surface area contributed by atoms with Crippen molar-refractivity contribution in [1.29, 1.82) is 0 Å². The summed E-state index contributed by atoms with van der Waals surface area (Å²) in [6, 6.07) is 16.5. The van der Waals surface area contributed by atoms with Crippen LogP contribution in [0.3, 0.4) is 0 Å². The van der Waals surface area contributed by atoms with Crippen molar-refractivity contribution < 1.29 is 9.18 Å². The summed E-state index contributed by atoms with van der Waals surface area (Å²) in [5.74, 6) is -0.0190. The molecule has 2 heteroatoms. The van der Waals surface area contributed by atoms with Crippen molar-refractivity contribution in [2.75, 3.05) is 0 Å². The number of halogens is 1. The first-order valence-electron chi connectivity index (χ1n) is 14.3. The van der Waals surface area contributed by atoms with Crippen LogP contribution in [0, 0.1) is 12.7 Å². The standard InChI is InChI=1S/C38H39FO/c1-7-14-29-23-30(24-37(39)31(29)10-4)34-17-13-18-36(32(34)11-5)33-16-12-15-28(25(33)6)22-27(9-3)35-20-19-26(8-2)21-38(35)40/h7-8,12-18,20,23-24H,3,10-11,19,21-22H2,1-2,4-6H3/b14-7-,26-8-. The Morgan fingerprint density at radius 3 is 2.35 bits per heavy atom. The third kappa shape index (κ3) is 5.79. The Balaban J connectivity index is 1.78. The van der Waals surface area contributed by atoms with Crippen LogP contribution in [0.25, 0.3) is 28.3 Å². The third-order valence-corrected chi connectivity index (χ3v) is 8.08. The molecule has 0 amide bonds. The Bertz CT molecular complexity index is 1590. The summed E-state index contributed by atoms with van der Waals surface area (Å²) in [4.78, 5) is 12.9. The van der Waals surface area contributed by atoms with E-state index in [0.717, 1.165) is 68.5 Å². The summed E-state index contributed by atoms with van der Waals surface area (Å²) >= 11 is 0. The van der Waals surface area contributed by atoms with Gasteiger partial charge < -0.3 is 0 Å². The van der Waals surface area contributed by atoms with Crippen LogP contribution in [0.15, 0.2) is 95.8 Å². The lowest BCUT2D eigenvalue weighted by atomic mass is 9.84. The van der Waals surface area contributed by atoms with Gasteiger partial charge in [-0.25, -0.2) is 4.39 Å². The lowest BCUT2D eigenvalue weighted by Gasteiger charge is -2.20. The molecular formula is C38H39FO. The van der Waals surface area contributed by atoms with Gasteiger partial charge in [-0.3, -0.25) is 4.79 Å². The quantitative estimate of drug-likeness (QED) is 0.209. The van der Waals surface area contributed by atoms with Crippen LogP contribution in [0.5, 0.6) is 0 Å². The molecule has 4 rings (SSSR count). The number of allylic oxidation sites excluding steroid dienone is 6. The molecule has 3 aromatic rings. The molecule has 0 fully saturated rings. The monoisotopic (exact) mass is 530 g/mol. The molecule has 204 valence electrons. The minimum atomic E-state index is -0.157. The molecule has 0 radical (unpaired) electrons. The predicted octanol–water partition coefficient (Wildman–Crippen LogP) is 10.1. The average molecular weight is 531 g/mol. The summed E-state index contributed by atoms with van der Waals surface area (Å²) in [5.41, 5.74) is 15.3. The van der Waals surface area contributed by atoms with E-state index in [1.54, 1.807) is 6.07 Å². The van der Waals surface area contributed by atoms with Gasteiger partial charge in [-0.15, -0.1) is 5.73 Å². The van der Waals surface area contributed by atoms with E-state index in [9.17, 15) is 4.79 Å². The lowest BCUT2D eigenvalue weighted by Crippen LogP contribution is -2.12. The second kappa shape index (κ2) is 12.9. The van der Waals surface area contributed by atoms with Crippen molar-refractivity contribution in [2.45, 2.75) is 66.7 Å². The molecule has 0 saturated carbocycles. The lowest BCUT2D eigenvalue weighted by molar-refractivity contribution is -0.115. The number of Topliss-reactive ketones (excluding diaryl/α,β-unsaturated/α-hetero) is 1. The summed E-state index contributed by atoms with van der Waals surface area (Å²) in [5, 5.41) is 0. The average Bonchev–Trinajstić information content (AvgIpc) is 2.96. The molecule has 0 atom stereocenters. The third-order valence-electron chi connectivity index (χ3n) is 8.08. The van der Waals surface area contributed by atoms with Crippen LogP contribution < -0.4 is 0 Å². The van der Waals surface area contributed by atoms with Gasteiger partial charge in [0, 0.05) is 24.0 Å². The van der Waals surface area contributed by atoms with Crippen LogP contribution in [0.2, 0.25) is 0 Å². The van der Waals surface area contributed by atoms with E-state index in [-0.39, 0.29) is 11.6 Å². The van der Waals surface area contributed by atoms with Crippen LogP contribution in [-0.2, 0) is 24.1 Å². The van der Waals surface area contributed by atoms with E-state index in [2.05, 4.69) is 68.6 Å². The zero-order valence-electron chi connectivity index (χ0n) is 24.5. The van der Waals surface area contributed by atoms with E-state index < -0.39 is 0 Å². The van der Waals surface area contributed by atoms with Gasteiger partial charge in [0.05, 0.1) is 0 Å². The molecule has 0 aromatic heterocycles. The number of hydrogen-bond acceptors (Lipinski definition) is 1. The molecule has 0 unspecified atom stereocenters. The number of carbonyl (C=O) groups excluding carboxylic acids is 1. The van der Waals surface area contributed by atoms with Crippen molar-refractivity contribution in [3.05, 3.63) is 129 Å². The zero-order valence-corrected chi connectivity index (χ0v) is 24.5. The highest BCUT2D eigenvalue weighted by molar-refractivity contribution is 6.02. The van der Waals surface area contributed by atoms with Crippen LogP contribution in [-0.4, -0.2) is 5.78 Å². The molecule has 0 saturated heterocycles. The molecule has 3 aromatic carbocycles. The number of hydrogen-bond donors (Lipinski definition) is 0. The van der Waals surface area contributed by atoms with Crippen LogP contribution in [0.4, 0.5) is 4.39 Å². The molecule has 0 spiro atoms. The first-order chi connectivity index (χ1) is 19.4. The van der Waals surface area contributed by atoms with E-state index in [0.29, 0.717) is 19.3 Å². The van der Waals surface area contributed by atoms with E-state index in [1.807, 2.05) is 45.1 Å². The smallest absolute Gasteiger partial charge is 0.167 e. The largest absolute Gasteiger partial charge is 0.294 e. The molecule has 1 aliphatic carbocycles. The highest BCUT2D eigenvalue weighted by Gasteiger charge is 2.21. The van der Waals surface area contributed by atoms with Gasteiger partial charge in [0.2, 0.25) is 0 Å². The normalized spacial score (nSPS) is 14.5. The second-order valence-corrected chi connectivity index (χ2v) is 10.4. The minimum Gasteiger partial charge on any atom is -0.294 e. The van der Waals surface area contributed by atoms with Crippen LogP contribution >= 0.6 is 0 Å². The maximum Gasteiger partial charge on any atom is 0.167 e. The van der Waals surface area contributed by atoms with Gasteiger partial charge in [-0.05, 0) is 102 Å². The van der Waals surface area contributed by atoms with Crippen molar-refractivity contribution in [2.24, 2.45) is 0 Å². The number of benzene rings is 3. The first-order valence-corrected chi connectivity index (χ1v) is 14.3. The number of carbonyl (C=O) groups is 1. The van der Waals surface area contributed by atoms with Gasteiger partial charge in [-0.1, -0.05) is 86.7 Å². The Labute approximate surface area is 239 Å². The molecule has 0 aliphatic heterocycles. The first kappa shape index (κ1) is 29.0. The zero-order chi connectivity index (χ0) is 28.8. The van der Waals surface area contributed by atoms with Gasteiger partial charge >= 0.3 is 0 Å². The summed E-state index contributed by atoms with van der Waals surface area (Å²) in [6.07, 6.45) is 11.3. The topological polar surface area (TPSA) is 17.1 Å². The van der Waals surface area contributed by atoms with E-state index in [4.69, 9.17) is 0 Å². The van der Waals surface area contributed by atoms with Crippen molar-refractivity contribution in [1.82, 2.24) is 0 Å². The van der Waals surface area contributed by atoms with Crippen molar-refractivity contribution in [3.63, 3.8) is 0 Å². The molecule has 40 heavy (non-hydrogen) atoms. The van der Waals surface area contributed by atoms with Crippen molar-refractivity contribution in [3.8, 4) is 22.3 Å². The SMILES string of the molecule is C=C=C(Cc1cccc(-c2cccc(-c3cc(F)c(CC)c(/C=C\C)c3)c2CC)c1C)C1=CC/C(=C/C)CC1=O. The highest BCUT2D eigenvalue weighted by atomic mass is 19.1.